The molecular weight excluding hydrogens is 329 g/mol. The van der Waals surface area contributed by atoms with Gasteiger partial charge in [0.2, 0.25) is 0 Å². The Balaban J connectivity index is 2.28. The summed E-state index contributed by atoms with van der Waals surface area (Å²) in [5, 5.41) is 0.169. The molecule has 1 aromatic rings. The topological polar surface area (TPSA) is 40.6 Å². The molecule has 0 N–H and O–H groups in total. The summed E-state index contributed by atoms with van der Waals surface area (Å²) in [6.45, 7) is 22.1. The van der Waals surface area contributed by atoms with E-state index in [2.05, 4.69) is 72.6 Å². The van der Waals surface area contributed by atoms with Crippen LogP contribution in [0.15, 0.2) is 12.3 Å². The maximum absolute atomic E-state index is 6.39. The number of nitrogens with zero attached hydrogens (tertiary/aromatic N) is 1. The molecule has 0 unspecified atom stereocenters. The lowest BCUT2D eigenvalue weighted by Gasteiger charge is -2.36. The van der Waals surface area contributed by atoms with E-state index in [4.69, 9.17) is 13.7 Å². The molecule has 0 spiro atoms. The summed E-state index contributed by atoms with van der Waals surface area (Å²) in [5.74, 6) is 0. The van der Waals surface area contributed by atoms with Crippen LogP contribution in [0.25, 0.3) is 0 Å². The molecule has 2 heterocycles. The molecule has 0 atom stereocenters. The molecule has 0 amide bonds. The van der Waals surface area contributed by atoms with Crippen molar-refractivity contribution in [2.75, 3.05) is 0 Å². The molecule has 2 rings (SSSR count). The van der Waals surface area contributed by atoms with Gasteiger partial charge >= 0.3 is 7.12 Å². The Hall–Kier alpha value is -0.688. The first-order valence-corrected chi connectivity index (χ1v) is 12.0. The number of aromatic nitrogens is 1. The monoisotopic (exact) mass is 363 g/mol. The van der Waals surface area contributed by atoms with E-state index in [0.717, 1.165) is 16.7 Å². The van der Waals surface area contributed by atoms with E-state index >= 15 is 0 Å². The highest BCUT2D eigenvalue weighted by Gasteiger charge is 2.52. The molecule has 0 saturated carbocycles. The van der Waals surface area contributed by atoms with Gasteiger partial charge in [0.15, 0.2) is 8.32 Å². The van der Waals surface area contributed by atoms with Gasteiger partial charge < -0.3 is 13.7 Å². The minimum Gasteiger partial charge on any atom is -0.411 e. The average molecular weight is 363 g/mol. The highest BCUT2D eigenvalue weighted by molar-refractivity contribution is 6.74. The quantitative estimate of drug-likeness (QED) is 0.752. The fourth-order valence-corrected chi connectivity index (χ4v) is 3.31. The first kappa shape index (κ1) is 20.6. The van der Waals surface area contributed by atoms with E-state index in [-0.39, 0.29) is 16.2 Å². The van der Waals surface area contributed by atoms with Crippen molar-refractivity contribution in [3.8, 4) is 0 Å². The van der Waals surface area contributed by atoms with Crippen molar-refractivity contribution in [2.24, 2.45) is 0 Å². The van der Waals surface area contributed by atoms with Gasteiger partial charge in [-0.25, -0.2) is 0 Å². The van der Waals surface area contributed by atoms with E-state index in [1.807, 2.05) is 13.1 Å². The molecule has 6 heteroatoms. The van der Waals surface area contributed by atoms with Crippen molar-refractivity contribution in [1.82, 2.24) is 4.98 Å². The molecule has 0 bridgehead atoms. The zero-order valence-corrected chi connectivity index (χ0v) is 18.6. The second-order valence-electron chi connectivity index (χ2n) is 9.69. The summed E-state index contributed by atoms with van der Waals surface area (Å²) in [5.41, 5.74) is 2.27. The normalized spacial score (nSPS) is 20.2. The van der Waals surface area contributed by atoms with E-state index in [9.17, 15) is 0 Å². The van der Waals surface area contributed by atoms with Crippen LogP contribution in [0.4, 0.5) is 0 Å². The minimum atomic E-state index is -1.84. The summed E-state index contributed by atoms with van der Waals surface area (Å²) in [7, 11) is -2.25. The van der Waals surface area contributed by atoms with Crippen molar-refractivity contribution in [3.05, 3.63) is 23.5 Å². The average Bonchev–Trinajstić information content (AvgIpc) is 2.64. The smallest absolute Gasteiger partial charge is 0.411 e. The molecule has 1 aliphatic heterocycles. The van der Waals surface area contributed by atoms with Crippen LogP contribution in [0, 0.1) is 6.92 Å². The number of aryl methyl sites for hydroxylation is 1. The van der Waals surface area contributed by atoms with Crippen LogP contribution in [0.1, 0.15) is 59.7 Å². The van der Waals surface area contributed by atoms with Crippen LogP contribution in [0.2, 0.25) is 18.1 Å². The summed E-state index contributed by atoms with van der Waals surface area (Å²) in [6, 6.07) is 2.11. The van der Waals surface area contributed by atoms with E-state index in [1.54, 1.807) is 0 Å². The first-order chi connectivity index (χ1) is 11.2. The van der Waals surface area contributed by atoms with Gasteiger partial charge in [0.1, 0.15) is 0 Å². The lowest BCUT2D eigenvalue weighted by atomic mass is 9.77. The highest BCUT2D eigenvalue weighted by atomic mass is 28.4. The standard InChI is InChI=1S/C19H34BNO3Si/c1-14-11-15(20-23-18(5,6)19(7,8)24-20)16(21-12-14)13-22-25(9,10)17(2,3)4/h11-12H,13H2,1-10H3. The van der Waals surface area contributed by atoms with Gasteiger partial charge in [0.05, 0.1) is 23.5 Å². The van der Waals surface area contributed by atoms with E-state index in [1.165, 1.54) is 0 Å². The number of pyridine rings is 1. The maximum Gasteiger partial charge on any atom is 0.496 e. The van der Waals surface area contributed by atoms with Crippen molar-refractivity contribution >= 4 is 20.9 Å². The second-order valence-corrected chi connectivity index (χ2v) is 14.5. The lowest BCUT2D eigenvalue weighted by molar-refractivity contribution is 0.00578. The highest BCUT2D eigenvalue weighted by Crippen LogP contribution is 2.38. The van der Waals surface area contributed by atoms with Gasteiger partial charge in [0.25, 0.3) is 0 Å². The minimum absolute atomic E-state index is 0.169. The van der Waals surface area contributed by atoms with Crippen molar-refractivity contribution in [1.29, 1.82) is 0 Å². The van der Waals surface area contributed by atoms with Gasteiger partial charge in [-0.2, -0.15) is 0 Å². The SMILES string of the molecule is Cc1cnc(CO[Si](C)(C)C(C)(C)C)c(B2OC(C)(C)C(C)(C)O2)c1. The van der Waals surface area contributed by atoms with Crippen molar-refractivity contribution in [3.63, 3.8) is 0 Å². The van der Waals surface area contributed by atoms with Crippen molar-refractivity contribution < 1.29 is 13.7 Å². The van der Waals surface area contributed by atoms with Gasteiger partial charge in [-0.3, -0.25) is 4.98 Å². The Morgan fingerprint density at radius 1 is 1.12 bits per heavy atom. The Bertz CT molecular complexity index is 622. The second kappa shape index (κ2) is 6.48. The van der Waals surface area contributed by atoms with Crippen molar-refractivity contribution in [2.45, 2.75) is 91.3 Å². The van der Waals surface area contributed by atoms with E-state index in [0.29, 0.717) is 6.61 Å². The number of rotatable bonds is 4. The number of hydrogen-bond donors (Lipinski definition) is 0. The molecule has 1 aliphatic rings. The summed E-state index contributed by atoms with van der Waals surface area (Å²) < 4.78 is 18.9. The van der Waals surface area contributed by atoms with Crippen LogP contribution in [-0.2, 0) is 20.3 Å². The third-order valence-corrected chi connectivity index (χ3v) is 10.5. The molecule has 1 fully saturated rings. The van der Waals surface area contributed by atoms with Gasteiger partial charge in [0, 0.05) is 11.7 Å². The predicted octanol–water partition coefficient (Wildman–Crippen LogP) is 4.21. The van der Waals surface area contributed by atoms with Gasteiger partial charge in [-0.1, -0.05) is 26.8 Å². The molecule has 0 radical (unpaired) electrons. The third kappa shape index (κ3) is 4.18. The van der Waals surface area contributed by atoms with Crippen LogP contribution < -0.4 is 5.46 Å². The molecule has 140 valence electrons. The van der Waals surface area contributed by atoms with Crippen LogP contribution in [0.3, 0.4) is 0 Å². The molecule has 0 aliphatic carbocycles. The molecule has 1 saturated heterocycles. The van der Waals surface area contributed by atoms with Crippen LogP contribution in [0.5, 0.6) is 0 Å². The fourth-order valence-electron chi connectivity index (χ4n) is 2.38. The Kier molecular flexibility index (Phi) is 5.35. The number of hydrogen-bond acceptors (Lipinski definition) is 4. The van der Waals surface area contributed by atoms with Crippen LogP contribution >= 0.6 is 0 Å². The van der Waals surface area contributed by atoms with E-state index < -0.39 is 15.4 Å². The fraction of sp³-hybridized carbons (Fsp3) is 0.737. The largest absolute Gasteiger partial charge is 0.496 e. The summed E-state index contributed by atoms with van der Waals surface area (Å²) in [6.07, 6.45) is 1.89. The van der Waals surface area contributed by atoms with Crippen LogP contribution in [-0.4, -0.2) is 31.6 Å². The summed E-state index contributed by atoms with van der Waals surface area (Å²) >= 11 is 0. The Morgan fingerprint density at radius 2 is 1.64 bits per heavy atom. The first-order valence-electron chi connectivity index (χ1n) is 9.11. The molecule has 0 aromatic carbocycles. The van der Waals surface area contributed by atoms with Gasteiger partial charge in [-0.05, 0) is 58.3 Å². The zero-order valence-electron chi connectivity index (χ0n) is 17.6. The third-order valence-electron chi connectivity index (χ3n) is 6.02. The predicted molar refractivity (Wildman–Crippen MR) is 107 cm³/mol. The maximum atomic E-state index is 6.39. The molecule has 4 nitrogen and oxygen atoms in total. The molecular formula is C19H34BNO3Si. The van der Waals surface area contributed by atoms with Gasteiger partial charge in [-0.15, -0.1) is 0 Å². The Labute approximate surface area is 154 Å². The molecule has 25 heavy (non-hydrogen) atoms. The molecule has 1 aromatic heterocycles. The summed E-state index contributed by atoms with van der Waals surface area (Å²) in [4.78, 5) is 4.64. The lowest BCUT2D eigenvalue weighted by Crippen LogP contribution is -2.42. The zero-order chi connectivity index (χ0) is 19.3. The Morgan fingerprint density at radius 3 is 2.12 bits per heavy atom.